The molecule has 0 bridgehead atoms. The lowest BCUT2D eigenvalue weighted by atomic mass is 10.3. The molecule has 2 N–H and O–H groups in total. The van der Waals surface area contributed by atoms with E-state index in [0.29, 0.717) is 34.3 Å². The van der Waals surface area contributed by atoms with Crippen molar-refractivity contribution in [3.05, 3.63) is 66.5 Å². The fraction of sp³-hybridized carbons (Fsp3) is 0.0952. The van der Waals surface area contributed by atoms with Gasteiger partial charge in [-0.15, -0.1) is 13.2 Å². The number of nitrogens with one attached hydrogen (secondary N) is 1. The van der Waals surface area contributed by atoms with Gasteiger partial charge < -0.3 is 24.6 Å². The Bertz CT molecular complexity index is 1270. The van der Waals surface area contributed by atoms with Gasteiger partial charge in [0, 0.05) is 31.1 Å². The summed E-state index contributed by atoms with van der Waals surface area (Å²) in [6.45, 7) is 0. The normalized spacial score (nSPS) is 11.8. The van der Waals surface area contributed by atoms with Gasteiger partial charge in [0.1, 0.15) is 17.2 Å². The van der Waals surface area contributed by atoms with Crippen LogP contribution in [0.5, 0.6) is 17.2 Å². The Kier molecular flexibility index (Phi) is 5.54. The highest BCUT2D eigenvalue weighted by Gasteiger charge is 2.30. The van der Waals surface area contributed by atoms with E-state index in [4.69, 9.17) is 9.94 Å². The molecule has 164 valence electrons. The second-order valence-electron chi connectivity index (χ2n) is 6.61. The van der Waals surface area contributed by atoms with Crippen LogP contribution in [0.25, 0.3) is 11.0 Å². The third-order valence-corrected chi connectivity index (χ3v) is 4.37. The van der Waals surface area contributed by atoms with Crippen LogP contribution >= 0.6 is 0 Å². The molecule has 2 aromatic carbocycles. The number of rotatable bonds is 6. The molecule has 0 aliphatic carbocycles. The van der Waals surface area contributed by atoms with Gasteiger partial charge in [0.05, 0.1) is 22.9 Å². The van der Waals surface area contributed by atoms with Crippen LogP contribution in [0.15, 0.2) is 65.9 Å². The first kappa shape index (κ1) is 21.0. The van der Waals surface area contributed by atoms with Crippen LogP contribution in [0.2, 0.25) is 0 Å². The number of pyridine rings is 1. The highest BCUT2D eigenvalue weighted by molar-refractivity contribution is 5.81. The monoisotopic (exact) mass is 443 g/mol. The first-order valence-corrected chi connectivity index (χ1v) is 9.21. The molecule has 0 amide bonds. The summed E-state index contributed by atoms with van der Waals surface area (Å²) in [6, 6.07) is 14.0. The van der Waals surface area contributed by atoms with E-state index >= 15 is 0 Å². The predicted molar refractivity (Wildman–Crippen MR) is 111 cm³/mol. The van der Waals surface area contributed by atoms with Crippen LogP contribution < -0.4 is 14.8 Å². The lowest BCUT2D eigenvalue weighted by molar-refractivity contribution is -0.274. The minimum Gasteiger partial charge on any atom is -0.457 e. The highest BCUT2D eigenvalue weighted by Crippen LogP contribution is 2.29. The molecule has 0 fully saturated rings. The van der Waals surface area contributed by atoms with E-state index in [1.807, 2.05) is 17.7 Å². The fourth-order valence-corrected chi connectivity index (χ4v) is 2.98. The smallest absolute Gasteiger partial charge is 0.457 e. The second-order valence-corrected chi connectivity index (χ2v) is 6.61. The van der Waals surface area contributed by atoms with Crippen molar-refractivity contribution in [3.63, 3.8) is 0 Å². The van der Waals surface area contributed by atoms with E-state index < -0.39 is 6.36 Å². The first-order chi connectivity index (χ1) is 15.3. The maximum atomic E-state index is 12.3. The number of hydrogen-bond donors (Lipinski definition) is 2. The summed E-state index contributed by atoms with van der Waals surface area (Å²) in [7, 11) is 1.81. The highest BCUT2D eigenvalue weighted by atomic mass is 19.4. The van der Waals surface area contributed by atoms with Crippen molar-refractivity contribution >= 4 is 28.9 Å². The number of fused-ring (bicyclic) bond motifs is 1. The van der Waals surface area contributed by atoms with Gasteiger partial charge in [-0.25, -0.2) is 4.98 Å². The minimum atomic E-state index is -4.74. The Hall–Kier alpha value is -4.28. The van der Waals surface area contributed by atoms with Crippen LogP contribution in [-0.4, -0.2) is 32.3 Å². The van der Waals surface area contributed by atoms with Gasteiger partial charge in [0.15, 0.2) is 0 Å². The molecule has 0 aliphatic heterocycles. The average molecular weight is 443 g/mol. The van der Waals surface area contributed by atoms with Gasteiger partial charge >= 0.3 is 6.36 Å². The minimum absolute atomic E-state index is 0.306. The molecule has 2 heterocycles. The number of anilines is 2. The van der Waals surface area contributed by atoms with Crippen molar-refractivity contribution in [2.24, 2.45) is 12.2 Å². The molecule has 0 aliphatic rings. The van der Waals surface area contributed by atoms with Crippen molar-refractivity contribution < 1.29 is 27.9 Å². The molecular weight excluding hydrogens is 427 g/mol. The summed E-state index contributed by atoms with van der Waals surface area (Å²) < 4.78 is 48.4. The Labute approximate surface area is 179 Å². The number of aromatic nitrogens is 3. The molecule has 0 saturated carbocycles. The lowest BCUT2D eigenvalue weighted by Crippen LogP contribution is -2.17. The summed E-state index contributed by atoms with van der Waals surface area (Å²) in [4.78, 5) is 8.55. The van der Waals surface area contributed by atoms with Crippen molar-refractivity contribution in [1.29, 1.82) is 0 Å². The van der Waals surface area contributed by atoms with Crippen LogP contribution in [0.1, 0.15) is 5.69 Å². The molecule has 8 nitrogen and oxygen atoms in total. The van der Waals surface area contributed by atoms with Gasteiger partial charge in [0.2, 0.25) is 5.95 Å². The quantitative estimate of drug-likeness (QED) is 0.241. The zero-order chi connectivity index (χ0) is 22.7. The summed E-state index contributed by atoms with van der Waals surface area (Å²) >= 11 is 0. The van der Waals surface area contributed by atoms with E-state index in [0.717, 1.165) is 5.52 Å². The second kappa shape index (κ2) is 8.46. The van der Waals surface area contributed by atoms with Crippen LogP contribution in [0, 0.1) is 0 Å². The van der Waals surface area contributed by atoms with Gasteiger partial charge in [0.25, 0.3) is 0 Å². The van der Waals surface area contributed by atoms with Gasteiger partial charge in [-0.2, -0.15) is 0 Å². The molecule has 0 spiro atoms. The van der Waals surface area contributed by atoms with Crippen LogP contribution in [0.3, 0.4) is 0 Å². The van der Waals surface area contributed by atoms with Crippen molar-refractivity contribution in [2.45, 2.75) is 6.36 Å². The van der Waals surface area contributed by atoms with E-state index in [9.17, 15) is 13.2 Å². The molecule has 4 rings (SSSR count). The van der Waals surface area contributed by atoms with E-state index in [-0.39, 0.29) is 5.75 Å². The van der Waals surface area contributed by atoms with Crippen molar-refractivity contribution in [1.82, 2.24) is 14.5 Å². The Morgan fingerprint density at radius 3 is 2.47 bits per heavy atom. The third kappa shape index (κ3) is 4.89. The SMILES string of the molecule is Cn1c(Nc2ccc(OC(F)(F)F)cc2)nc2cc(Oc3ccnc(/C=N\O)c3)ccc21. The molecule has 4 aromatic rings. The predicted octanol–water partition coefficient (Wildman–Crippen LogP) is 5.21. The number of nitrogens with zero attached hydrogens (tertiary/aromatic N) is 4. The number of benzene rings is 2. The largest absolute Gasteiger partial charge is 0.573 e. The molecule has 0 unspecified atom stereocenters. The van der Waals surface area contributed by atoms with Crippen LogP contribution in [-0.2, 0) is 7.05 Å². The maximum Gasteiger partial charge on any atom is 0.573 e. The van der Waals surface area contributed by atoms with Gasteiger partial charge in [-0.3, -0.25) is 4.98 Å². The molecule has 32 heavy (non-hydrogen) atoms. The third-order valence-electron chi connectivity index (χ3n) is 4.37. The first-order valence-electron chi connectivity index (χ1n) is 9.21. The molecule has 2 aromatic heterocycles. The lowest BCUT2D eigenvalue weighted by Gasteiger charge is -2.10. The summed E-state index contributed by atoms with van der Waals surface area (Å²) in [5.74, 6) is 1.23. The Morgan fingerprint density at radius 2 is 1.75 bits per heavy atom. The molecular formula is C21H16F3N5O3. The average Bonchev–Trinajstić information content (AvgIpc) is 3.04. The van der Waals surface area contributed by atoms with Gasteiger partial charge in [-0.05, 0) is 42.5 Å². The topological polar surface area (TPSA) is 93.8 Å². The number of imidazole rings is 1. The molecule has 0 atom stereocenters. The Morgan fingerprint density at radius 1 is 1.03 bits per heavy atom. The number of ether oxygens (including phenoxy) is 2. The number of alkyl halides is 3. The van der Waals surface area contributed by atoms with Gasteiger partial charge in [-0.1, -0.05) is 5.16 Å². The maximum absolute atomic E-state index is 12.3. The standard InChI is InChI=1S/C21H16F3N5O3/c1-29-19-7-6-16(31-17-8-9-25-14(10-17)12-26-30)11-18(19)28-20(29)27-13-2-4-15(5-3-13)32-21(22,23)24/h2-12,30H,1H3,(H,27,28)/b26-12-. The molecule has 0 radical (unpaired) electrons. The van der Waals surface area contributed by atoms with E-state index in [2.05, 4.69) is 25.2 Å². The fourth-order valence-electron chi connectivity index (χ4n) is 2.98. The zero-order valence-electron chi connectivity index (χ0n) is 16.5. The summed E-state index contributed by atoms with van der Waals surface area (Å²) in [5, 5.41) is 14.6. The van der Waals surface area contributed by atoms with E-state index in [1.165, 1.54) is 36.7 Å². The molecule has 11 heteroatoms. The molecule has 0 saturated heterocycles. The van der Waals surface area contributed by atoms with Crippen molar-refractivity contribution in [3.8, 4) is 17.2 Å². The van der Waals surface area contributed by atoms with E-state index in [1.54, 1.807) is 24.3 Å². The summed E-state index contributed by atoms with van der Waals surface area (Å²) in [5.41, 5.74) is 2.45. The number of aryl methyl sites for hydroxylation is 1. The number of halogens is 3. The number of oxime groups is 1. The zero-order valence-corrected chi connectivity index (χ0v) is 16.5. The van der Waals surface area contributed by atoms with Crippen LogP contribution in [0.4, 0.5) is 24.8 Å². The Balaban J connectivity index is 1.53. The van der Waals surface area contributed by atoms with Crippen molar-refractivity contribution in [2.75, 3.05) is 5.32 Å². The summed E-state index contributed by atoms with van der Waals surface area (Å²) in [6.07, 6.45) is -2.02. The number of hydrogen-bond acceptors (Lipinski definition) is 7.